The SMILES string of the molecule is Brc1ccc2c(c1)CCCC2.N#Cc1cc(Br)c2c(c1)CCCC2.N#Cc1cc(Br)c2ccccc2c1.N#Cc1ccc2c(c1)CCCC2.O=C(O)c1ccc2c(c1)CCCC2.c1ccc2c(c1)CCCC2. The van der Waals surface area contributed by atoms with E-state index >= 15 is 0 Å². The van der Waals surface area contributed by atoms with E-state index in [1.165, 1.54) is 134 Å². The molecule has 0 saturated carbocycles. The molecule has 0 radical (unpaired) electrons. The molecule has 7 aromatic rings. The molecule has 0 spiro atoms. The van der Waals surface area contributed by atoms with Gasteiger partial charge in [-0.3, -0.25) is 0 Å². The molecule has 5 nitrogen and oxygen atoms in total. The molecule has 0 bridgehead atoms. The lowest BCUT2D eigenvalue weighted by Crippen LogP contribution is -2.05. The van der Waals surface area contributed by atoms with Crippen LogP contribution in [0.15, 0.2) is 141 Å². The Morgan fingerprint density at radius 1 is 0.389 bits per heavy atom. The summed E-state index contributed by atoms with van der Waals surface area (Å²) in [6, 6.07) is 49.1. The third-order valence-electron chi connectivity index (χ3n) is 14.1. The van der Waals surface area contributed by atoms with Gasteiger partial charge in [0.25, 0.3) is 0 Å². The highest BCUT2D eigenvalue weighted by Gasteiger charge is 2.15. The number of halogens is 3. The van der Waals surface area contributed by atoms with Crippen molar-refractivity contribution in [1.82, 2.24) is 0 Å². The molecule has 0 aromatic heterocycles. The van der Waals surface area contributed by atoms with E-state index in [4.69, 9.17) is 20.9 Å². The van der Waals surface area contributed by atoms with Gasteiger partial charge in [0.15, 0.2) is 0 Å². The van der Waals surface area contributed by atoms with E-state index in [0.717, 1.165) is 62.9 Å². The number of carboxylic acid groups (broad SMARTS) is 1. The first kappa shape index (κ1) is 54.0. The Morgan fingerprint density at radius 3 is 1.38 bits per heavy atom. The number of fused-ring (bicyclic) bond motifs is 6. The highest BCUT2D eigenvalue weighted by molar-refractivity contribution is 9.11. The predicted molar refractivity (Wildman–Crippen MR) is 304 cm³/mol. The molecule has 366 valence electrons. The summed E-state index contributed by atoms with van der Waals surface area (Å²) in [5, 5.41) is 37.3. The summed E-state index contributed by atoms with van der Waals surface area (Å²) >= 11 is 10.5. The van der Waals surface area contributed by atoms with Crippen molar-refractivity contribution < 1.29 is 9.90 Å². The Hall–Kier alpha value is -5.82. The lowest BCUT2D eigenvalue weighted by atomic mass is 9.90. The quantitative estimate of drug-likeness (QED) is 0.176. The summed E-state index contributed by atoms with van der Waals surface area (Å²) in [6.07, 6.45) is 25.0. The maximum Gasteiger partial charge on any atom is 0.335 e. The van der Waals surface area contributed by atoms with Crippen LogP contribution in [0.4, 0.5) is 0 Å². The van der Waals surface area contributed by atoms with Crippen molar-refractivity contribution in [3.63, 3.8) is 0 Å². The fraction of sp³-hybridized carbons (Fsp3) is 0.312. The van der Waals surface area contributed by atoms with Gasteiger partial charge in [-0.1, -0.05) is 115 Å². The monoisotopic (exact) mass is 1140 g/mol. The lowest BCUT2D eigenvalue weighted by Gasteiger charge is -2.17. The molecule has 1 N–H and O–H groups in total. The largest absolute Gasteiger partial charge is 0.478 e. The van der Waals surface area contributed by atoms with Gasteiger partial charge >= 0.3 is 5.97 Å². The van der Waals surface area contributed by atoms with Gasteiger partial charge < -0.3 is 5.11 Å². The average Bonchev–Trinajstić information content (AvgIpc) is 3.43. The molecule has 0 fully saturated rings. The van der Waals surface area contributed by atoms with E-state index in [0.29, 0.717) is 11.1 Å². The first-order valence-electron chi connectivity index (χ1n) is 25.6. The maximum absolute atomic E-state index is 10.7. The molecule has 72 heavy (non-hydrogen) atoms. The van der Waals surface area contributed by atoms with Crippen LogP contribution < -0.4 is 0 Å². The fourth-order valence-electron chi connectivity index (χ4n) is 10.3. The van der Waals surface area contributed by atoms with Gasteiger partial charge in [0, 0.05) is 13.4 Å². The van der Waals surface area contributed by atoms with Crippen molar-refractivity contribution in [2.45, 2.75) is 128 Å². The van der Waals surface area contributed by atoms with Crippen molar-refractivity contribution in [2.75, 3.05) is 0 Å². The normalized spacial score (nSPS) is 14.4. The minimum Gasteiger partial charge on any atom is -0.478 e. The zero-order valence-electron chi connectivity index (χ0n) is 41.1. The Labute approximate surface area is 452 Å². The minimum atomic E-state index is -0.826. The molecular formula is C64H62Br3N3O2. The summed E-state index contributed by atoms with van der Waals surface area (Å²) in [6.45, 7) is 0. The van der Waals surface area contributed by atoms with E-state index in [1.807, 2.05) is 72.8 Å². The van der Waals surface area contributed by atoms with Crippen LogP contribution in [0, 0.1) is 34.0 Å². The molecule has 0 heterocycles. The van der Waals surface area contributed by atoms with Crippen LogP contribution in [-0.2, 0) is 64.2 Å². The van der Waals surface area contributed by atoms with Gasteiger partial charge in [0.1, 0.15) is 0 Å². The number of rotatable bonds is 1. The Kier molecular flexibility index (Phi) is 20.9. The van der Waals surface area contributed by atoms with Crippen LogP contribution in [0.25, 0.3) is 10.8 Å². The molecule has 0 saturated heterocycles. The number of aromatic carboxylic acids is 1. The Balaban J connectivity index is 0.000000127. The number of nitrogens with zero attached hydrogens (tertiary/aromatic N) is 3. The molecule has 8 heteroatoms. The number of nitriles is 3. The molecular weight excluding hydrogens is 1080 g/mol. The Bertz CT molecular complexity index is 3100. The topological polar surface area (TPSA) is 109 Å². The van der Waals surface area contributed by atoms with Gasteiger partial charge in [-0.15, -0.1) is 0 Å². The molecule has 0 atom stereocenters. The standard InChI is InChI=1S/C11H10BrN.C11H6BrN.C11H11N.C11H12O2.C10H11Br.C10H12/c2*12-11-6-8(7-13)5-9-3-1-2-4-10(9)11;12-8-9-5-6-10-3-1-2-4-11(10)7-9;12-11(13)10-6-5-8-3-1-2-4-9(8)7-10;11-10-6-5-8-3-1-2-4-9(8)7-10;1-2-6-10-8-4-3-7-9(10)5-1/h5-6H,1-4H2;1-6H;5-7H,1-4H2;5-7H,1-4H2,(H,12,13);5-7H,1-4H2;1-2,5-6H,3-4,7-8H2. The first-order chi connectivity index (χ1) is 35.1. The van der Waals surface area contributed by atoms with Crippen LogP contribution in [0.1, 0.15) is 147 Å². The van der Waals surface area contributed by atoms with Crippen molar-refractivity contribution in [3.8, 4) is 18.2 Å². The van der Waals surface area contributed by atoms with Crippen LogP contribution in [-0.4, -0.2) is 11.1 Å². The summed E-state index contributed by atoms with van der Waals surface area (Å²) in [5.74, 6) is -0.826. The molecule has 0 aliphatic heterocycles. The second-order valence-corrected chi connectivity index (χ2v) is 21.7. The number of hydrogen-bond donors (Lipinski definition) is 1. The van der Waals surface area contributed by atoms with E-state index < -0.39 is 5.97 Å². The fourth-order valence-corrected chi connectivity index (χ4v) is 12.0. The first-order valence-corrected chi connectivity index (χ1v) is 28.0. The van der Waals surface area contributed by atoms with Gasteiger partial charge in [-0.05, 0) is 255 Å². The highest BCUT2D eigenvalue weighted by atomic mass is 79.9. The second-order valence-electron chi connectivity index (χ2n) is 19.1. The van der Waals surface area contributed by atoms with E-state index in [-0.39, 0.29) is 0 Å². The second kappa shape index (κ2) is 27.9. The average molecular weight is 1140 g/mol. The Morgan fingerprint density at radius 2 is 0.806 bits per heavy atom. The lowest BCUT2D eigenvalue weighted by molar-refractivity contribution is 0.0696. The third-order valence-corrected chi connectivity index (χ3v) is 16.0. The molecule has 5 aliphatic carbocycles. The van der Waals surface area contributed by atoms with Crippen molar-refractivity contribution in [1.29, 1.82) is 15.8 Å². The van der Waals surface area contributed by atoms with Gasteiger partial charge in [-0.25, -0.2) is 4.79 Å². The molecule has 0 amide bonds. The minimum absolute atomic E-state index is 0.417. The number of benzene rings is 7. The summed E-state index contributed by atoms with van der Waals surface area (Å²) in [5.41, 5.74) is 17.1. The van der Waals surface area contributed by atoms with E-state index in [9.17, 15) is 4.79 Å². The van der Waals surface area contributed by atoms with E-state index in [1.54, 1.807) is 28.3 Å². The van der Waals surface area contributed by atoms with Gasteiger partial charge in [0.2, 0.25) is 0 Å². The molecule has 7 aromatic carbocycles. The zero-order chi connectivity index (χ0) is 50.7. The van der Waals surface area contributed by atoms with Crippen LogP contribution in [0.5, 0.6) is 0 Å². The van der Waals surface area contributed by atoms with Gasteiger partial charge in [0.05, 0.1) is 40.5 Å². The molecule has 0 unspecified atom stereocenters. The number of carboxylic acids is 1. The maximum atomic E-state index is 10.7. The summed E-state index contributed by atoms with van der Waals surface area (Å²) in [7, 11) is 0. The summed E-state index contributed by atoms with van der Waals surface area (Å²) in [4.78, 5) is 10.7. The number of hydrogen-bond acceptors (Lipinski definition) is 4. The smallest absolute Gasteiger partial charge is 0.335 e. The third kappa shape index (κ3) is 15.6. The van der Waals surface area contributed by atoms with Crippen LogP contribution in [0.3, 0.4) is 0 Å². The van der Waals surface area contributed by atoms with Crippen molar-refractivity contribution in [3.05, 3.63) is 219 Å². The zero-order valence-corrected chi connectivity index (χ0v) is 45.9. The van der Waals surface area contributed by atoms with Gasteiger partial charge in [-0.2, -0.15) is 15.8 Å². The molecule has 5 aliphatic rings. The highest BCUT2D eigenvalue weighted by Crippen LogP contribution is 2.30. The van der Waals surface area contributed by atoms with Crippen molar-refractivity contribution in [2.24, 2.45) is 0 Å². The van der Waals surface area contributed by atoms with Crippen LogP contribution in [0.2, 0.25) is 0 Å². The number of aryl methyl sites for hydroxylation is 9. The number of carbonyl (C=O) groups is 1. The summed E-state index contributed by atoms with van der Waals surface area (Å²) < 4.78 is 3.31. The van der Waals surface area contributed by atoms with Crippen LogP contribution >= 0.6 is 47.8 Å². The molecule has 12 rings (SSSR count). The van der Waals surface area contributed by atoms with Crippen molar-refractivity contribution >= 4 is 64.5 Å². The van der Waals surface area contributed by atoms with E-state index in [2.05, 4.69) is 115 Å². The predicted octanol–water partition coefficient (Wildman–Crippen LogP) is 17.3.